The number of allylic oxidation sites excluding steroid dienone is 2. The minimum Gasteiger partial charge on any atom is -0.480 e. The Morgan fingerprint density at radius 3 is 1.46 bits per heavy atom. The van der Waals surface area contributed by atoms with Gasteiger partial charge >= 0.3 is 25.7 Å². The van der Waals surface area contributed by atoms with Crippen LogP contribution >= 0.6 is 7.82 Å². The van der Waals surface area contributed by atoms with Crippen LogP contribution < -0.4 is 5.73 Å². The van der Waals surface area contributed by atoms with Crippen LogP contribution in [-0.4, -0.2) is 59.9 Å². The first kappa shape index (κ1) is 48.2. The highest BCUT2D eigenvalue weighted by Crippen LogP contribution is 2.43. The molecule has 0 aromatic carbocycles. The SMILES string of the molecule is CCCCCCCCC/C=C\CCCCCCCC(=O)O[C@H](COC(=O)CCCCCCCCCCCC)COP(=O)(O)OC[C@H](N)C(=O)O. The van der Waals surface area contributed by atoms with E-state index in [-0.39, 0.29) is 19.4 Å². The van der Waals surface area contributed by atoms with Crippen molar-refractivity contribution in [1.82, 2.24) is 0 Å². The van der Waals surface area contributed by atoms with Gasteiger partial charge in [0.1, 0.15) is 12.6 Å². The molecule has 0 spiro atoms. The van der Waals surface area contributed by atoms with Gasteiger partial charge in [0.15, 0.2) is 6.10 Å². The predicted octanol–water partition coefficient (Wildman–Crippen LogP) is 9.73. The number of carbonyl (C=O) groups is 3. The lowest BCUT2D eigenvalue weighted by atomic mass is 10.1. The highest BCUT2D eigenvalue weighted by atomic mass is 31.2. The molecule has 50 heavy (non-hydrogen) atoms. The molecular weight excluding hydrogens is 661 g/mol. The summed E-state index contributed by atoms with van der Waals surface area (Å²) in [5, 5.41) is 8.85. The molecule has 294 valence electrons. The van der Waals surface area contributed by atoms with E-state index in [0.29, 0.717) is 12.8 Å². The Balaban J connectivity index is 4.40. The van der Waals surface area contributed by atoms with Gasteiger partial charge in [0.25, 0.3) is 0 Å². The quantitative estimate of drug-likeness (QED) is 0.0240. The summed E-state index contributed by atoms with van der Waals surface area (Å²) >= 11 is 0. The molecule has 0 saturated carbocycles. The van der Waals surface area contributed by atoms with Crippen molar-refractivity contribution in [3.63, 3.8) is 0 Å². The molecule has 12 heteroatoms. The molecule has 0 aliphatic carbocycles. The standard InChI is InChI=1S/C38H72NO10P/c1-3-5-7-9-11-13-15-16-17-18-19-20-22-24-26-28-30-37(41)49-34(32-47-50(44,45)48-33-35(39)38(42)43)31-46-36(40)29-27-25-23-21-14-12-10-8-6-4-2/h17-18,34-35H,3-16,19-33,39H2,1-2H3,(H,42,43)(H,44,45)/b18-17-/t34-,35+/m1/s1. The molecule has 0 aromatic heterocycles. The Bertz CT molecular complexity index is 916. The molecule has 0 aliphatic heterocycles. The van der Waals surface area contributed by atoms with Crippen molar-refractivity contribution < 1.29 is 47.5 Å². The average molecular weight is 734 g/mol. The average Bonchev–Trinajstić information content (AvgIpc) is 3.09. The molecule has 0 radical (unpaired) electrons. The van der Waals surface area contributed by atoms with E-state index in [9.17, 15) is 23.8 Å². The summed E-state index contributed by atoms with van der Waals surface area (Å²) in [6.45, 7) is 2.77. The highest BCUT2D eigenvalue weighted by Gasteiger charge is 2.28. The molecule has 0 fully saturated rings. The Hall–Kier alpha value is -1.78. The van der Waals surface area contributed by atoms with Crippen molar-refractivity contribution in [2.24, 2.45) is 5.73 Å². The van der Waals surface area contributed by atoms with Crippen LogP contribution in [0.1, 0.15) is 181 Å². The molecule has 0 bridgehead atoms. The summed E-state index contributed by atoms with van der Waals surface area (Å²) in [4.78, 5) is 45.7. The summed E-state index contributed by atoms with van der Waals surface area (Å²) in [7, 11) is -4.71. The fourth-order valence-electron chi connectivity index (χ4n) is 5.35. The number of rotatable bonds is 37. The second-order valence-corrected chi connectivity index (χ2v) is 14.9. The number of hydrogen-bond acceptors (Lipinski definition) is 9. The van der Waals surface area contributed by atoms with Crippen LogP contribution in [0.15, 0.2) is 12.2 Å². The minimum atomic E-state index is -4.71. The summed E-state index contributed by atoms with van der Waals surface area (Å²) in [5.41, 5.74) is 5.31. The molecular formula is C38H72NO10P. The van der Waals surface area contributed by atoms with E-state index in [4.69, 9.17) is 24.8 Å². The van der Waals surface area contributed by atoms with Crippen molar-refractivity contribution in [2.45, 2.75) is 193 Å². The van der Waals surface area contributed by atoms with Crippen molar-refractivity contribution in [3.05, 3.63) is 12.2 Å². The van der Waals surface area contributed by atoms with Gasteiger partial charge < -0.3 is 25.2 Å². The number of phosphoric ester groups is 1. The Labute approximate surface area is 303 Å². The van der Waals surface area contributed by atoms with Gasteiger partial charge in [0.2, 0.25) is 0 Å². The lowest BCUT2D eigenvalue weighted by Crippen LogP contribution is -2.34. The van der Waals surface area contributed by atoms with Gasteiger partial charge in [-0.3, -0.25) is 23.4 Å². The second kappa shape index (κ2) is 34.3. The largest absolute Gasteiger partial charge is 0.480 e. The van der Waals surface area contributed by atoms with E-state index in [1.165, 1.54) is 83.5 Å². The van der Waals surface area contributed by atoms with Gasteiger partial charge in [-0.1, -0.05) is 142 Å². The molecule has 0 aliphatic rings. The topological polar surface area (TPSA) is 172 Å². The monoisotopic (exact) mass is 733 g/mol. The summed E-state index contributed by atoms with van der Waals surface area (Å²) in [5.74, 6) is -2.38. The van der Waals surface area contributed by atoms with Gasteiger partial charge in [-0.15, -0.1) is 0 Å². The molecule has 1 unspecified atom stereocenters. The number of carboxylic acids is 1. The third-order valence-corrected chi connectivity index (χ3v) is 9.46. The number of unbranched alkanes of at least 4 members (excludes halogenated alkanes) is 21. The highest BCUT2D eigenvalue weighted by molar-refractivity contribution is 7.47. The number of aliphatic carboxylic acids is 1. The van der Waals surface area contributed by atoms with E-state index < -0.39 is 51.1 Å². The number of hydrogen-bond donors (Lipinski definition) is 3. The first-order valence-corrected chi connectivity index (χ1v) is 21.2. The Morgan fingerprint density at radius 2 is 1.00 bits per heavy atom. The van der Waals surface area contributed by atoms with Gasteiger partial charge in [0.05, 0.1) is 13.2 Å². The number of carboxylic acid groups (broad SMARTS) is 1. The zero-order chi connectivity index (χ0) is 37.1. The minimum absolute atomic E-state index is 0.155. The first-order valence-electron chi connectivity index (χ1n) is 19.7. The van der Waals surface area contributed by atoms with E-state index in [1.807, 2.05) is 0 Å². The molecule has 0 aromatic rings. The van der Waals surface area contributed by atoms with Gasteiger partial charge in [-0.05, 0) is 38.5 Å². The summed E-state index contributed by atoms with van der Waals surface area (Å²) in [6, 6.07) is -1.52. The van der Waals surface area contributed by atoms with E-state index >= 15 is 0 Å². The van der Waals surface area contributed by atoms with Crippen LogP contribution in [0.2, 0.25) is 0 Å². The zero-order valence-electron chi connectivity index (χ0n) is 31.5. The molecule has 0 amide bonds. The molecule has 4 N–H and O–H groups in total. The third-order valence-electron chi connectivity index (χ3n) is 8.51. The molecule has 3 atom stereocenters. The predicted molar refractivity (Wildman–Crippen MR) is 199 cm³/mol. The second-order valence-electron chi connectivity index (χ2n) is 13.4. The van der Waals surface area contributed by atoms with Crippen LogP contribution in [0.5, 0.6) is 0 Å². The number of carbonyl (C=O) groups excluding carboxylic acids is 2. The number of esters is 2. The van der Waals surface area contributed by atoms with Gasteiger partial charge in [-0.25, -0.2) is 4.57 Å². The fraction of sp³-hybridized carbons (Fsp3) is 0.868. The number of nitrogens with two attached hydrogens (primary N) is 1. The van der Waals surface area contributed by atoms with E-state index in [2.05, 4.69) is 30.5 Å². The fourth-order valence-corrected chi connectivity index (χ4v) is 6.13. The van der Waals surface area contributed by atoms with Crippen LogP contribution in [0.3, 0.4) is 0 Å². The lowest BCUT2D eigenvalue weighted by Gasteiger charge is -2.20. The molecule has 0 saturated heterocycles. The van der Waals surface area contributed by atoms with Crippen LogP contribution in [0.25, 0.3) is 0 Å². The van der Waals surface area contributed by atoms with E-state index in [0.717, 1.165) is 57.8 Å². The van der Waals surface area contributed by atoms with E-state index in [1.54, 1.807) is 0 Å². The maximum Gasteiger partial charge on any atom is 0.472 e. The summed E-state index contributed by atoms with van der Waals surface area (Å²) < 4.78 is 32.5. The smallest absolute Gasteiger partial charge is 0.472 e. The normalized spacial score (nSPS) is 14.0. The molecule has 0 heterocycles. The van der Waals surface area contributed by atoms with Crippen molar-refractivity contribution in [1.29, 1.82) is 0 Å². The van der Waals surface area contributed by atoms with Crippen LogP contribution in [0, 0.1) is 0 Å². The maximum absolute atomic E-state index is 12.6. The van der Waals surface area contributed by atoms with Crippen molar-refractivity contribution in [3.8, 4) is 0 Å². The first-order chi connectivity index (χ1) is 24.1. The van der Waals surface area contributed by atoms with Gasteiger partial charge in [0, 0.05) is 12.8 Å². The van der Waals surface area contributed by atoms with Gasteiger partial charge in [-0.2, -0.15) is 0 Å². The summed E-state index contributed by atoms with van der Waals surface area (Å²) in [6.07, 6.45) is 31.4. The molecule has 11 nitrogen and oxygen atoms in total. The lowest BCUT2D eigenvalue weighted by molar-refractivity contribution is -0.161. The van der Waals surface area contributed by atoms with Crippen molar-refractivity contribution >= 4 is 25.7 Å². The van der Waals surface area contributed by atoms with Crippen LogP contribution in [0.4, 0.5) is 0 Å². The Kier molecular flexibility index (Phi) is 33.1. The third kappa shape index (κ3) is 33.4. The maximum atomic E-state index is 12.6. The zero-order valence-corrected chi connectivity index (χ0v) is 32.4. The number of ether oxygens (including phenoxy) is 2. The van der Waals surface area contributed by atoms with Crippen LogP contribution in [-0.2, 0) is 37.5 Å². The number of phosphoric acid groups is 1. The Morgan fingerprint density at radius 1 is 0.600 bits per heavy atom. The molecule has 0 rings (SSSR count). The van der Waals surface area contributed by atoms with Crippen molar-refractivity contribution in [2.75, 3.05) is 19.8 Å².